The van der Waals surface area contributed by atoms with Gasteiger partial charge in [-0.1, -0.05) is 31.2 Å². The van der Waals surface area contributed by atoms with Gasteiger partial charge in [0, 0.05) is 18.6 Å². The van der Waals surface area contributed by atoms with Crippen LogP contribution in [0.2, 0.25) is 0 Å². The molecule has 0 bridgehead atoms. The molecule has 0 saturated carbocycles. The van der Waals surface area contributed by atoms with Gasteiger partial charge < -0.3 is 5.32 Å². The Hall–Kier alpha value is -0.860. The molecule has 1 saturated heterocycles. The minimum absolute atomic E-state index is 0.180. The van der Waals surface area contributed by atoms with E-state index in [1.807, 2.05) is 0 Å². The highest BCUT2D eigenvalue weighted by Gasteiger charge is 2.15. The Labute approximate surface area is 124 Å². The zero-order valence-corrected chi connectivity index (χ0v) is 13.6. The van der Waals surface area contributed by atoms with E-state index in [4.69, 9.17) is 0 Å². The Morgan fingerprint density at radius 1 is 1.15 bits per heavy atom. The average Bonchev–Trinajstić information content (AvgIpc) is 2.39. The molecule has 1 aliphatic heterocycles. The van der Waals surface area contributed by atoms with Crippen LogP contribution in [0.25, 0.3) is 0 Å². The summed E-state index contributed by atoms with van der Waals surface area (Å²) in [5.41, 5.74) is 3.02. The smallest absolute Gasteiger partial charge is 0.0233 e. The van der Waals surface area contributed by atoms with Gasteiger partial charge in [0.25, 0.3) is 0 Å². The van der Waals surface area contributed by atoms with Crippen LogP contribution in [0.1, 0.15) is 51.7 Å². The third kappa shape index (κ3) is 5.26. The highest BCUT2D eigenvalue weighted by molar-refractivity contribution is 5.23. The summed E-state index contributed by atoms with van der Waals surface area (Å²) in [7, 11) is 0. The van der Waals surface area contributed by atoms with Gasteiger partial charge in [-0.3, -0.25) is 4.90 Å². The molecule has 1 fully saturated rings. The second-order valence-corrected chi connectivity index (χ2v) is 7.38. The van der Waals surface area contributed by atoms with E-state index in [1.54, 1.807) is 0 Å². The van der Waals surface area contributed by atoms with Crippen molar-refractivity contribution in [3.8, 4) is 0 Å². The topological polar surface area (TPSA) is 15.3 Å². The van der Waals surface area contributed by atoms with Crippen molar-refractivity contribution in [1.82, 2.24) is 10.2 Å². The lowest BCUT2D eigenvalue weighted by molar-refractivity contribution is 0.185. The Morgan fingerprint density at radius 2 is 1.80 bits per heavy atom. The highest BCUT2D eigenvalue weighted by Crippen LogP contribution is 2.18. The number of likely N-dealkylation sites (tertiary alicyclic amines) is 1. The van der Waals surface area contributed by atoms with Gasteiger partial charge in [-0.15, -0.1) is 0 Å². The number of nitrogens with zero attached hydrogens (tertiary/aromatic N) is 1. The van der Waals surface area contributed by atoms with Crippen LogP contribution < -0.4 is 5.32 Å². The minimum atomic E-state index is 0.180. The van der Waals surface area contributed by atoms with E-state index >= 15 is 0 Å². The van der Waals surface area contributed by atoms with Gasteiger partial charge in [0.1, 0.15) is 0 Å². The number of rotatable bonds is 4. The van der Waals surface area contributed by atoms with Crippen molar-refractivity contribution in [3.63, 3.8) is 0 Å². The molecule has 0 aromatic heterocycles. The van der Waals surface area contributed by atoms with Gasteiger partial charge in [0.05, 0.1) is 0 Å². The first-order valence-electron chi connectivity index (χ1n) is 7.97. The SMILES string of the molecule is CC1CCN(Cc2cccc(CNC(C)(C)C)c2)CC1. The Morgan fingerprint density at radius 3 is 2.45 bits per heavy atom. The fourth-order valence-electron chi connectivity index (χ4n) is 2.68. The molecule has 2 nitrogen and oxygen atoms in total. The number of benzene rings is 1. The van der Waals surface area contributed by atoms with Crippen LogP contribution in [-0.4, -0.2) is 23.5 Å². The Balaban J connectivity index is 1.89. The maximum Gasteiger partial charge on any atom is 0.0233 e. The van der Waals surface area contributed by atoms with Crippen LogP contribution in [0.5, 0.6) is 0 Å². The molecule has 0 unspecified atom stereocenters. The predicted molar refractivity (Wildman–Crippen MR) is 86.7 cm³/mol. The first kappa shape index (κ1) is 15.5. The largest absolute Gasteiger partial charge is 0.308 e. The second kappa shape index (κ2) is 6.73. The van der Waals surface area contributed by atoms with Crippen LogP contribution in [-0.2, 0) is 13.1 Å². The summed E-state index contributed by atoms with van der Waals surface area (Å²) in [4.78, 5) is 2.59. The first-order valence-corrected chi connectivity index (χ1v) is 7.97. The number of hydrogen-bond acceptors (Lipinski definition) is 2. The average molecular weight is 274 g/mol. The summed E-state index contributed by atoms with van der Waals surface area (Å²) < 4.78 is 0. The van der Waals surface area contributed by atoms with Crippen molar-refractivity contribution in [1.29, 1.82) is 0 Å². The van der Waals surface area contributed by atoms with Gasteiger partial charge in [-0.2, -0.15) is 0 Å². The molecule has 0 spiro atoms. The summed E-state index contributed by atoms with van der Waals surface area (Å²) in [5, 5.41) is 3.56. The fourth-order valence-corrected chi connectivity index (χ4v) is 2.68. The quantitative estimate of drug-likeness (QED) is 0.898. The molecule has 2 rings (SSSR count). The molecule has 1 aromatic rings. The van der Waals surface area contributed by atoms with Crippen LogP contribution >= 0.6 is 0 Å². The molecule has 1 N–H and O–H groups in total. The van der Waals surface area contributed by atoms with Crippen LogP contribution in [0.4, 0.5) is 0 Å². The van der Waals surface area contributed by atoms with Gasteiger partial charge in [-0.05, 0) is 63.7 Å². The van der Waals surface area contributed by atoms with Gasteiger partial charge >= 0.3 is 0 Å². The molecule has 20 heavy (non-hydrogen) atoms. The van der Waals surface area contributed by atoms with E-state index in [9.17, 15) is 0 Å². The van der Waals surface area contributed by atoms with Crippen LogP contribution in [0.15, 0.2) is 24.3 Å². The predicted octanol–water partition coefficient (Wildman–Crippen LogP) is 3.81. The molecule has 0 amide bonds. The van der Waals surface area contributed by atoms with E-state index < -0.39 is 0 Å². The van der Waals surface area contributed by atoms with E-state index in [1.165, 1.54) is 37.1 Å². The fraction of sp³-hybridized carbons (Fsp3) is 0.667. The molecule has 1 aromatic carbocycles. The Bertz CT molecular complexity index is 412. The van der Waals surface area contributed by atoms with Crippen molar-refractivity contribution >= 4 is 0 Å². The molecule has 112 valence electrons. The maximum absolute atomic E-state index is 3.56. The van der Waals surface area contributed by atoms with Crippen LogP contribution in [0.3, 0.4) is 0 Å². The van der Waals surface area contributed by atoms with E-state index in [0.29, 0.717) is 0 Å². The lowest BCUT2D eigenvalue weighted by Gasteiger charge is -2.30. The van der Waals surface area contributed by atoms with Gasteiger partial charge in [0.2, 0.25) is 0 Å². The second-order valence-electron chi connectivity index (χ2n) is 7.38. The van der Waals surface area contributed by atoms with Crippen molar-refractivity contribution < 1.29 is 0 Å². The summed E-state index contributed by atoms with van der Waals surface area (Å²) in [6.45, 7) is 13.6. The van der Waals surface area contributed by atoms with Crippen molar-refractivity contribution in [3.05, 3.63) is 35.4 Å². The molecule has 0 radical (unpaired) electrons. The Kier molecular flexibility index (Phi) is 5.22. The maximum atomic E-state index is 3.56. The lowest BCUT2D eigenvalue weighted by Crippen LogP contribution is -2.35. The zero-order chi connectivity index (χ0) is 14.6. The molecule has 0 aliphatic carbocycles. The van der Waals surface area contributed by atoms with Crippen molar-refractivity contribution in [2.24, 2.45) is 5.92 Å². The third-order valence-corrected chi connectivity index (χ3v) is 4.10. The number of hydrogen-bond donors (Lipinski definition) is 1. The van der Waals surface area contributed by atoms with Gasteiger partial charge in [-0.25, -0.2) is 0 Å². The van der Waals surface area contributed by atoms with Crippen molar-refractivity contribution in [2.45, 2.75) is 59.2 Å². The lowest BCUT2D eigenvalue weighted by atomic mass is 9.98. The molecule has 1 heterocycles. The van der Waals surface area contributed by atoms with Gasteiger partial charge in [0.15, 0.2) is 0 Å². The highest BCUT2D eigenvalue weighted by atomic mass is 15.1. The van der Waals surface area contributed by atoms with E-state index in [2.05, 4.69) is 62.2 Å². The molecular weight excluding hydrogens is 244 g/mol. The normalized spacial score (nSPS) is 18.4. The minimum Gasteiger partial charge on any atom is -0.308 e. The summed E-state index contributed by atoms with van der Waals surface area (Å²) >= 11 is 0. The summed E-state index contributed by atoms with van der Waals surface area (Å²) in [6, 6.07) is 9.04. The molecule has 0 atom stereocenters. The molecule has 2 heteroatoms. The monoisotopic (exact) mass is 274 g/mol. The van der Waals surface area contributed by atoms with E-state index in [-0.39, 0.29) is 5.54 Å². The zero-order valence-electron chi connectivity index (χ0n) is 13.6. The number of nitrogens with one attached hydrogen (secondary N) is 1. The third-order valence-electron chi connectivity index (χ3n) is 4.10. The summed E-state index contributed by atoms with van der Waals surface area (Å²) in [5.74, 6) is 0.911. The van der Waals surface area contributed by atoms with Crippen molar-refractivity contribution in [2.75, 3.05) is 13.1 Å². The molecular formula is C18H30N2. The first-order chi connectivity index (χ1) is 9.42. The standard InChI is InChI=1S/C18H30N2/c1-15-8-10-20(11-9-15)14-17-7-5-6-16(12-17)13-19-18(2,3)4/h5-7,12,15,19H,8-11,13-14H2,1-4H3. The number of piperidine rings is 1. The van der Waals surface area contributed by atoms with E-state index in [0.717, 1.165) is 19.0 Å². The van der Waals surface area contributed by atoms with Crippen LogP contribution in [0, 0.1) is 5.92 Å². The molecule has 1 aliphatic rings. The summed E-state index contributed by atoms with van der Waals surface area (Å²) in [6.07, 6.45) is 2.70.